The second-order valence-electron chi connectivity index (χ2n) is 5.98. The van der Waals surface area contributed by atoms with E-state index in [9.17, 15) is 13.2 Å². The average Bonchev–Trinajstić information content (AvgIpc) is 2.60. The summed E-state index contributed by atoms with van der Waals surface area (Å²) in [6.45, 7) is 1.87. The minimum atomic E-state index is -3.88. The summed E-state index contributed by atoms with van der Waals surface area (Å²) >= 11 is 0. The van der Waals surface area contributed by atoms with E-state index in [1.165, 1.54) is 25.4 Å². The molecule has 0 radical (unpaired) electrons. The van der Waals surface area contributed by atoms with Crippen LogP contribution in [0.5, 0.6) is 5.75 Å². The molecule has 138 valence electrons. The lowest BCUT2D eigenvalue weighted by molar-refractivity contribution is 0.102. The largest absolute Gasteiger partial charge is 0.497 e. The summed E-state index contributed by atoms with van der Waals surface area (Å²) in [5, 5.41) is 0. The van der Waals surface area contributed by atoms with Gasteiger partial charge in [0.2, 0.25) is 5.78 Å². The molecule has 2 rings (SSSR count). The molecule has 0 heterocycles. The monoisotopic (exact) mass is 374 g/mol. The fraction of sp³-hybridized carbons (Fsp3) is 0.211. The topological polar surface area (TPSA) is 75.7 Å². The predicted octanol–water partition coefficient (Wildman–Crippen LogP) is 2.57. The number of nitrogens with zero attached hydrogens (tertiary/aromatic N) is 1. The van der Waals surface area contributed by atoms with E-state index in [1.54, 1.807) is 55.4 Å². The van der Waals surface area contributed by atoms with Crippen molar-refractivity contribution in [1.82, 2.24) is 9.62 Å². The molecule has 0 fully saturated rings. The smallest absolute Gasteiger partial charge is 0.262 e. The van der Waals surface area contributed by atoms with Crippen LogP contribution in [0.25, 0.3) is 0 Å². The van der Waals surface area contributed by atoms with E-state index >= 15 is 0 Å². The molecule has 2 aromatic carbocycles. The average molecular weight is 374 g/mol. The SMILES string of the molecule is COc1ccc(C(=O)/C(=C/N(C)C)NS(=O)(=O)c2ccc(C)cc2)cc1. The molecule has 7 heteroatoms. The lowest BCUT2D eigenvalue weighted by Gasteiger charge is -2.14. The summed E-state index contributed by atoms with van der Waals surface area (Å²) < 4.78 is 32.7. The van der Waals surface area contributed by atoms with Gasteiger partial charge in [-0.1, -0.05) is 17.7 Å². The number of benzene rings is 2. The van der Waals surface area contributed by atoms with Gasteiger partial charge >= 0.3 is 0 Å². The molecule has 1 N–H and O–H groups in total. The number of hydrogen-bond donors (Lipinski definition) is 1. The predicted molar refractivity (Wildman–Crippen MR) is 101 cm³/mol. The van der Waals surface area contributed by atoms with E-state index < -0.39 is 15.8 Å². The van der Waals surface area contributed by atoms with Gasteiger partial charge in [0.05, 0.1) is 12.0 Å². The molecule has 0 bridgehead atoms. The van der Waals surface area contributed by atoms with Crippen LogP contribution in [-0.2, 0) is 10.0 Å². The number of ether oxygens (including phenoxy) is 1. The van der Waals surface area contributed by atoms with Gasteiger partial charge in [-0.15, -0.1) is 0 Å². The molecular formula is C19H22N2O4S. The summed E-state index contributed by atoms with van der Waals surface area (Å²) in [4.78, 5) is 14.5. The highest BCUT2D eigenvalue weighted by Gasteiger charge is 2.21. The van der Waals surface area contributed by atoms with Crippen molar-refractivity contribution in [3.05, 3.63) is 71.6 Å². The standard InChI is InChI=1S/C19H22N2O4S/c1-14-5-11-17(12-6-14)26(23,24)20-18(13-21(2)3)19(22)15-7-9-16(25-4)10-8-15/h5-13,20H,1-4H3/b18-13-. The molecule has 0 aromatic heterocycles. The van der Waals surface area contributed by atoms with Crippen molar-refractivity contribution in [3.8, 4) is 5.75 Å². The van der Waals surface area contributed by atoms with E-state index in [-0.39, 0.29) is 10.6 Å². The van der Waals surface area contributed by atoms with Gasteiger partial charge in [-0.25, -0.2) is 8.42 Å². The maximum absolute atomic E-state index is 12.8. The molecule has 0 spiro atoms. The third kappa shape index (κ3) is 4.86. The Kier molecular flexibility index (Phi) is 6.05. The van der Waals surface area contributed by atoms with Crippen LogP contribution in [-0.4, -0.2) is 40.3 Å². The van der Waals surface area contributed by atoms with Crippen LogP contribution in [0.1, 0.15) is 15.9 Å². The summed E-state index contributed by atoms with van der Waals surface area (Å²) in [6, 6.07) is 12.9. The highest BCUT2D eigenvalue weighted by atomic mass is 32.2. The van der Waals surface area contributed by atoms with Gasteiger partial charge in [0.1, 0.15) is 11.4 Å². The molecule has 0 aliphatic rings. The molecule has 0 unspecified atom stereocenters. The van der Waals surface area contributed by atoms with Crippen molar-refractivity contribution in [2.24, 2.45) is 0 Å². The maximum atomic E-state index is 12.8. The molecule has 0 saturated heterocycles. The maximum Gasteiger partial charge on any atom is 0.262 e. The number of sulfonamides is 1. The Morgan fingerprint density at radius 3 is 2.12 bits per heavy atom. The molecule has 0 atom stereocenters. The fourth-order valence-electron chi connectivity index (χ4n) is 2.21. The molecule has 2 aromatic rings. The third-order valence-corrected chi connectivity index (χ3v) is 4.94. The van der Waals surface area contributed by atoms with Crippen molar-refractivity contribution >= 4 is 15.8 Å². The van der Waals surface area contributed by atoms with Gasteiger partial charge in [-0.05, 0) is 43.3 Å². The Morgan fingerprint density at radius 2 is 1.62 bits per heavy atom. The number of aryl methyl sites for hydroxylation is 1. The first-order chi connectivity index (χ1) is 12.2. The Labute approximate surface area is 154 Å². The first-order valence-corrected chi connectivity index (χ1v) is 9.38. The molecule has 26 heavy (non-hydrogen) atoms. The van der Waals surface area contributed by atoms with Gasteiger partial charge in [0.25, 0.3) is 10.0 Å². The number of carbonyl (C=O) groups is 1. The van der Waals surface area contributed by atoms with Crippen molar-refractivity contribution < 1.29 is 17.9 Å². The Morgan fingerprint density at radius 1 is 1.04 bits per heavy atom. The van der Waals surface area contributed by atoms with E-state index in [0.29, 0.717) is 11.3 Å². The first kappa shape index (κ1) is 19.5. The quantitative estimate of drug-likeness (QED) is 0.595. The van der Waals surface area contributed by atoms with Crippen molar-refractivity contribution in [2.45, 2.75) is 11.8 Å². The number of methoxy groups -OCH3 is 1. The Balaban J connectivity index is 2.35. The van der Waals surface area contributed by atoms with Crippen molar-refractivity contribution in [3.63, 3.8) is 0 Å². The van der Waals surface area contributed by atoms with Crippen LogP contribution in [0.4, 0.5) is 0 Å². The third-order valence-electron chi connectivity index (χ3n) is 3.56. The zero-order valence-corrected chi connectivity index (χ0v) is 16.0. The molecular weight excluding hydrogens is 352 g/mol. The van der Waals surface area contributed by atoms with Crippen molar-refractivity contribution in [1.29, 1.82) is 0 Å². The molecule has 0 aliphatic carbocycles. The van der Waals surface area contributed by atoms with E-state index in [0.717, 1.165) is 5.56 Å². The minimum absolute atomic E-state index is 0.0410. The normalized spacial score (nSPS) is 11.8. The number of rotatable bonds is 7. The van der Waals surface area contributed by atoms with Gasteiger partial charge in [0.15, 0.2) is 0 Å². The minimum Gasteiger partial charge on any atom is -0.497 e. The number of hydrogen-bond acceptors (Lipinski definition) is 5. The molecule has 0 amide bonds. The zero-order valence-electron chi connectivity index (χ0n) is 15.2. The van der Waals surface area contributed by atoms with Crippen LogP contribution >= 0.6 is 0 Å². The van der Waals surface area contributed by atoms with E-state index in [2.05, 4.69) is 4.72 Å². The molecule has 0 aliphatic heterocycles. The first-order valence-electron chi connectivity index (χ1n) is 7.89. The highest BCUT2D eigenvalue weighted by Crippen LogP contribution is 2.16. The van der Waals surface area contributed by atoms with Crippen molar-refractivity contribution in [2.75, 3.05) is 21.2 Å². The van der Waals surface area contributed by atoms with Gasteiger partial charge < -0.3 is 9.64 Å². The highest BCUT2D eigenvalue weighted by molar-refractivity contribution is 7.89. The zero-order chi connectivity index (χ0) is 19.3. The molecule has 6 nitrogen and oxygen atoms in total. The summed E-state index contributed by atoms with van der Waals surface area (Å²) in [5.41, 5.74) is 1.26. The van der Waals surface area contributed by atoms with Gasteiger partial charge in [0, 0.05) is 25.9 Å². The lowest BCUT2D eigenvalue weighted by Crippen LogP contribution is -2.29. The number of allylic oxidation sites excluding steroid dienone is 1. The van der Waals surface area contributed by atoms with Crippen LogP contribution < -0.4 is 9.46 Å². The van der Waals surface area contributed by atoms with E-state index in [4.69, 9.17) is 4.74 Å². The summed E-state index contributed by atoms with van der Waals surface area (Å²) in [5.74, 6) is 0.178. The fourth-order valence-corrected chi connectivity index (χ4v) is 3.26. The van der Waals surface area contributed by atoms with Gasteiger partial charge in [-0.2, -0.15) is 0 Å². The van der Waals surface area contributed by atoms with Gasteiger partial charge in [-0.3, -0.25) is 9.52 Å². The number of ketones is 1. The molecule has 0 saturated carbocycles. The van der Waals surface area contributed by atoms with Crippen LogP contribution in [0.3, 0.4) is 0 Å². The second kappa shape index (κ2) is 8.05. The van der Waals surface area contributed by atoms with Crippen LogP contribution in [0.2, 0.25) is 0 Å². The number of Topliss-reactive ketones (excluding diaryl/α,β-unsaturated/α-hetero) is 1. The van der Waals surface area contributed by atoms with Crippen LogP contribution in [0, 0.1) is 6.92 Å². The number of nitrogens with one attached hydrogen (secondary N) is 1. The second-order valence-corrected chi connectivity index (χ2v) is 7.66. The summed E-state index contributed by atoms with van der Waals surface area (Å²) in [7, 11) is 1.07. The van der Waals surface area contributed by atoms with Crippen LogP contribution in [0.15, 0.2) is 65.3 Å². The number of carbonyl (C=O) groups excluding carboxylic acids is 1. The Hall–Kier alpha value is -2.80. The Bertz CT molecular complexity index is 900. The van der Waals surface area contributed by atoms with E-state index in [1.807, 2.05) is 6.92 Å². The summed E-state index contributed by atoms with van der Waals surface area (Å²) in [6.07, 6.45) is 1.44. The lowest BCUT2D eigenvalue weighted by atomic mass is 10.1.